The van der Waals surface area contributed by atoms with E-state index in [0.717, 1.165) is 0 Å². The standard InChI is InChI=1S/C28H22S2/c1-2-3-7-18-10-11-21-17-26-24(16-22(21)14-18)28-27(30-26)23-15-20(12-13-25(23)29-28)19-8-5-4-6-9-19/h4-6,8-17H,2-3,7H2,1H3. The fraction of sp³-hybridized carbons (Fsp3) is 0.143. The summed E-state index contributed by atoms with van der Waals surface area (Å²) < 4.78 is 5.66. The summed E-state index contributed by atoms with van der Waals surface area (Å²) in [6.45, 7) is 2.26. The van der Waals surface area contributed by atoms with Gasteiger partial charge in [0.1, 0.15) is 0 Å². The molecule has 0 aliphatic rings. The summed E-state index contributed by atoms with van der Waals surface area (Å²) in [7, 11) is 0. The average molecular weight is 423 g/mol. The van der Waals surface area contributed by atoms with Gasteiger partial charge < -0.3 is 0 Å². The van der Waals surface area contributed by atoms with Crippen LogP contribution >= 0.6 is 22.7 Å². The molecule has 0 aliphatic carbocycles. The summed E-state index contributed by atoms with van der Waals surface area (Å²) in [5, 5.41) is 5.53. The largest absolute Gasteiger partial charge is 0.134 e. The predicted octanol–water partition coefficient (Wildman–Crippen LogP) is 9.43. The molecule has 6 aromatic rings. The maximum Gasteiger partial charge on any atom is 0.0542 e. The quantitative estimate of drug-likeness (QED) is 0.265. The molecular formula is C28H22S2. The number of hydrogen-bond acceptors (Lipinski definition) is 2. The van der Waals surface area contributed by atoms with Crippen molar-refractivity contribution >= 4 is 63.0 Å². The molecular weight excluding hydrogens is 400 g/mol. The minimum atomic E-state index is 1.18. The minimum absolute atomic E-state index is 1.18. The lowest BCUT2D eigenvalue weighted by atomic mass is 10.0. The molecule has 0 bridgehead atoms. The molecule has 30 heavy (non-hydrogen) atoms. The molecule has 0 saturated heterocycles. The molecule has 0 unspecified atom stereocenters. The fourth-order valence-electron chi connectivity index (χ4n) is 4.40. The van der Waals surface area contributed by atoms with E-state index < -0.39 is 0 Å². The monoisotopic (exact) mass is 422 g/mol. The normalized spacial score (nSPS) is 11.9. The van der Waals surface area contributed by atoms with Gasteiger partial charge in [0.25, 0.3) is 0 Å². The van der Waals surface area contributed by atoms with Crippen molar-refractivity contribution < 1.29 is 0 Å². The highest BCUT2D eigenvalue weighted by atomic mass is 32.1. The first kappa shape index (κ1) is 18.1. The molecule has 0 spiro atoms. The number of aryl methyl sites for hydroxylation is 1. The van der Waals surface area contributed by atoms with Crippen LogP contribution in [0.1, 0.15) is 25.3 Å². The van der Waals surface area contributed by atoms with Crippen LogP contribution in [0.4, 0.5) is 0 Å². The second-order valence-corrected chi connectivity index (χ2v) is 10.2. The summed E-state index contributed by atoms with van der Waals surface area (Å²) >= 11 is 3.88. The maximum atomic E-state index is 2.42. The highest BCUT2D eigenvalue weighted by Gasteiger charge is 2.14. The number of unbranched alkanes of at least 4 members (excludes halogenated alkanes) is 1. The van der Waals surface area contributed by atoms with Gasteiger partial charge in [0.15, 0.2) is 0 Å². The van der Waals surface area contributed by atoms with Gasteiger partial charge in [-0.25, -0.2) is 0 Å². The summed E-state index contributed by atoms with van der Waals surface area (Å²) in [6, 6.07) is 29.4. The molecule has 2 aromatic heterocycles. The zero-order chi connectivity index (χ0) is 20.1. The third-order valence-corrected chi connectivity index (χ3v) is 8.55. The molecule has 2 heteroatoms. The van der Waals surface area contributed by atoms with Crippen molar-refractivity contribution in [2.45, 2.75) is 26.2 Å². The zero-order valence-electron chi connectivity index (χ0n) is 16.9. The first-order chi connectivity index (χ1) is 14.8. The Morgan fingerprint density at radius 3 is 2.27 bits per heavy atom. The number of thiophene rings is 2. The Bertz CT molecular complexity index is 1520. The Balaban J connectivity index is 1.55. The molecule has 0 radical (unpaired) electrons. The van der Waals surface area contributed by atoms with Gasteiger partial charge in [0.2, 0.25) is 0 Å². The molecule has 0 fully saturated rings. The van der Waals surface area contributed by atoms with Crippen molar-refractivity contribution in [1.29, 1.82) is 0 Å². The van der Waals surface area contributed by atoms with Gasteiger partial charge in [-0.05, 0) is 64.6 Å². The van der Waals surface area contributed by atoms with E-state index in [1.165, 1.54) is 76.3 Å². The van der Waals surface area contributed by atoms with E-state index in [1.54, 1.807) is 0 Å². The van der Waals surface area contributed by atoms with E-state index >= 15 is 0 Å². The summed E-state index contributed by atoms with van der Waals surface area (Å²) in [5.74, 6) is 0. The summed E-state index contributed by atoms with van der Waals surface area (Å²) in [4.78, 5) is 0. The number of hydrogen-bond donors (Lipinski definition) is 0. The molecule has 0 atom stereocenters. The van der Waals surface area contributed by atoms with Crippen LogP contribution in [0.3, 0.4) is 0 Å². The molecule has 0 saturated carbocycles. The van der Waals surface area contributed by atoms with Gasteiger partial charge in [0.05, 0.1) is 9.40 Å². The van der Waals surface area contributed by atoms with Gasteiger partial charge in [0, 0.05) is 20.2 Å². The van der Waals surface area contributed by atoms with Gasteiger partial charge in [-0.1, -0.05) is 67.9 Å². The van der Waals surface area contributed by atoms with Crippen molar-refractivity contribution in [3.63, 3.8) is 0 Å². The topological polar surface area (TPSA) is 0 Å². The van der Waals surface area contributed by atoms with Crippen LogP contribution in [0.25, 0.3) is 51.5 Å². The molecule has 4 aromatic carbocycles. The van der Waals surface area contributed by atoms with E-state index in [4.69, 9.17) is 0 Å². The van der Waals surface area contributed by atoms with Gasteiger partial charge >= 0.3 is 0 Å². The second kappa shape index (κ2) is 7.23. The third-order valence-electron chi connectivity index (χ3n) is 6.03. The number of rotatable bonds is 4. The minimum Gasteiger partial charge on any atom is -0.134 e. The zero-order valence-corrected chi connectivity index (χ0v) is 18.6. The lowest BCUT2D eigenvalue weighted by Gasteiger charge is -2.04. The van der Waals surface area contributed by atoms with Gasteiger partial charge in [-0.15, -0.1) is 22.7 Å². The van der Waals surface area contributed by atoms with E-state index in [9.17, 15) is 0 Å². The van der Waals surface area contributed by atoms with E-state index in [1.807, 2.05) is 22.7 Å². The van der Waals surface area contributed by atoms with Crippen LogP contribution in [-0.4, -0.2) is 0 Å². The van der Waals surface area contributed by atoms with Crippen LogP contribution < -0.4 is 0 Å². The fourth-order valence-corrected chi connectivity index (χ4v) is 7.04. The van der Waals surface area contributed by atoms with Crippen molar-refractivity contribution in [3.05, 3.63) is 84.4 Å². The van der Waals surface area contributed by atoms with E-state index in [0.29, 0.717) is 0 Å². The van der Waals surface area contributed by atoms with Crippen molar-refractivity contribution in [2.75, 3.05) is 0 Å². The molecule has 0 aliphatic heterocycles. The highest BCUT2D eigenvalue weighted by molar-refractivity contribution is 7.36. The Labute approximate surface area is 184 Å². The van der Waals surface area contributed by atoms with Gasteiger partial charge in [-0.2, -0.15) is 0 Å². The Morgan fingerprint density at radius 1 is 0.633 bits per heavy atom. The van der Waals surface area contributed by atoms with Crippen LogP contribution in [-0.2, 0) is 6.42 Å². The lowest BCUT2D eigenvalue weighted by Crippen LogP contribution is -1.84. The summed E-state index contributed by atoms with van der Waals surface area (Å²) in [6.07, 6.45) is 3.68. The first-order valence-electron chi connectivity index (χ1n) is 10.7. The lowest BCUT2D eigenvalue weighted by molar-refractivity contribution is 0.796. The third kappa shape index (κ3) is 2.94. The average Bonchev–Trinajstić information content (AvgIpc) is 3.32. The molecule has 0 amide bonds. The Kier molecular flexibility index (Phi) is 4.36. The maximum absolute atomic E-state index is 2.42. The highest BCUT2D eigenvalue weighted by Crippen LogP contribution is 2.46. The van der Waals surface area contributed by atoms with Crippen LogP contribution in [0.2, 0.25) is 0 Å². The van der Waals surface area contributed by atoms with E-state index in [2.05, 4.69) is 85.8 Å². The predicted molar refractivity (Wildman–Crippen MR) is 136 cm³/mol. The van der Waals surface area contributed by atoms with E-state index in [-0.39, 0.29) is 0 Å². The SMILES string of the molecule is CCCCc1ccc2cc3sc4c5cc(-c6ccccc6)ccc5sc4c3cc2c1. The van der Waals surface area contributed by atoms with Crippen molar-refractivity contribution in [1.82, 2.24) is 0 Å². The summed E-state index contributed by atoms with van der Waals surface area (Å²) in [5.41, 5.74) is 4.04. The first-order valence-corrected chi connectivity index (χ1v) is 12.3. The van der Waals surface area contributed by atoms with Crippen molar-refractivity contribution in [3.8, 4) is 11.1 Å². The molecule has 0 N–H and O–H groups in total. The van der Waals surface area contributed by atoms with Gasteiger partial charge in [-0.3, -0.25) is 0 Å². The molecule has 146 valence electrons. The Hall–Kier alpha value is -2.68. The molecule has 6 rings (SSSR count). The smallest absolute Gasteiger partial charge is 0.0542 e. The number of benzene rings is 4. The van der Waals surface area contributed by atoms with Crippen LogP contribution in [0, 0.1) is 0 Å². The number of fused-ring (bicyclic) bond motifs is 6. The second-order valence-electron chi connectivity index (χ2n) is 8.07. The van der Waals surface area contributed by atoms with Crippen LogP contribution in [0.5, 0.6) is 0 Å². The van der Waals surface area contributed by atoms with Crippen LogP contribution in [0.15, 0.2) is 78.9 Å². The Morgan fingerprint density at radius 2 is 1.43 bits per heavy atom. The molecule has 2 heterocycles. The molecule has 0 nitrogen and oxygen atoms in total. The van der Waals surface area contributed by atoms with Crippen molar-refractivity contribution in [2.24, 2.45) is 0 Å².